The number of likely N-dealkylation sites (tertiary alicyclic amines) is 1. The first-order valence-electron chi connectivity index (χ1n) is 8.58. The maximum absolute atomic E-state index is 14.0. The Morgan fingerprint density at radius 3 is 2.54 bits per heavy atom. The summed E-state index contributed by atoms with van der Waals surface area (Å²) in [6, 6.07) is 9.73. The van der Waals surface area contributed by atoms with E-state index in [-0.39, 0.29) is 17.7 Å². The molecule has 1 aliphatic heterocycles. The average molecular weight is 381 g/mol. The molecule has 3 heterocycles. The van der Waals surface area contributed by atoms with Gasteiger partial charge in [0, 0.05) is 5.56 Å². The quantitative estimate of drug-likeness (QED) is 0.420. The Morgan fingerprint density at radius 2 is 1.89 bits per heavy atom. The molecule has 7 heteroatoms. The predicted molar refractivity (Wildman–Crippen MR) is 96.4 cm³/mol. The van der Waals surface area contributed by atoms with E-state index in [1.165, 1.54) is 29.6 Å². The molecule has 1 fully saturated rings. The normalized spacial score (nSPS) is 18.8. The maximum atomic E-state index is 14.0. The van der Waals surface area contributed by atoms with Crippen molar-refractivity contribution >= 4 is 17.4 Å². The topological polar surface area (TPSA) is 83.9 Å². The van der Waals surface area contributed by atoms with Crippen molar-refractivity contribution in [2.45, 2.75) is 19.5 Å². The number of halogens is 1. The van der Waals surface area contributed by atoms with E-state index in [1.54, 1.807) is 31.2 Å². The minimum Gasteiger partial charge on any atom is -0.507 e. The van der Waals surface area contributed by atoms with Gasteiger partial charge in [0.15, 0.2) is 0 Å². The molecule has 28 heavy (non-hydrogen) atoms. The number of Topliss-reactive ketones (excluding diaryl/α,β-unsaturated/α-hetero) is 1. The highest BCUT2D eigenvalue weighted by Crippen LogP contribution is 2.40. The molecule has 0 saturated carbocycles. The van der Waals surface area contributed by atoms with Crippen molar-refractivity contribution in [3.63, 3.8) is 0 Å². The number of benzene rings is 1. The van der Waals surface area contributed by atoms with E-state index in [9.17, 15) is 19.1 Å². The number of carbonyl (C=O) groups excluding carboxylic acids is 2. The van der Waals surface area contributed by atoms with Crippen LogP contribution in [0.25, 0.3) is 5.76 Å². The Labute approximate surface area is 159 Å². The van der Waals surface area contributed by atoms with Crippen LogP contribution in [-0.2, 0) is 16.1 Å². The molecule has 0 bridgehead atoms. The molecular formula is C21H16FNO5. The zero-order chi connectivity index (χ0) is 19.8. The lowest BCUT2D eigenvalue weighted by Crippen LogP contribution is -2.28. The van der Waals surface area contributed by atoms with Crippen LogP contribution >= 0.6 is 0 Å². The number of amides is 1. The summed E-state index contributed by atoms with van der Waals surface area (Å²) in [5.74, 6) is -1.87. The summed E-state index contributed by atoms with van der Waals surface area (Å²) in [6.07, 6.45) is 2.87. The summed E-state index contributed by atoms with van der Waals surface area (Å²) in [6.45, 7) is 1.60. The molecule has 4 rings (SSSR count). The highest BCUT2D eigenvalue weighted by molar-refractivity contribution is 6.46. The van der Waals surface area contributed by atoms with E-state index in [4.69, 9.17) is 8.83 Å². The van der Waals surface area contributed by atoms with Gasteiger partial charge >= 0.3 is 0 Å². The smallest absolute Gasteiger partial charge is 0.296 e. The zero-order valence-electron chi connectivity index (χ0n) is 14.9. The van der Waals surface area contributed by atoms with Crippen LogP contribution in [-0.4, -0.2) is 21.7 Å². The van der Waals surface area contributed by atoms with Gasteiger partial charge in [-0.3, -0.25) is 9.59 Å². The van der Waals surface area contributed by atoms with E-state index < -0.39 is 29.3 Å². The highest BCUT2D eigenvalue weighted by Gasteiger charge is 2.47. The van der Waals surface area contributed by atoms with Gasteiger partial charge in [-0.25, -0.2) is 4.39 Å². The van der Waals surface area contributed by atoms with Gasteiger partial charge in [0.1, 0.15) is 29.1 Å². The molecule has 2 aromatic heterocycles. The first kappa shape index (κ1) is 17.8. The van der Waals surface area contributed by atoms with Gasteiger partial charge in [-0.1, -0.05) is 12.1 Å². The summed E-state index contributed by atoms with van der Waals surface area (Å²) in [5, 5.41) is 10.8. The van der Waals surface area contributed by atoms with Crippen molar-refractivity contribution in [1.29, 1.82) is 0 Å². The average Bonchev–Trinajstić information content (AvgIpc) is 3.42. The number of hydrogen-bond acceptors (Lipinski definition) is 5. The molecule has 0 spiro atoms. The van der Waals surface area contributed by atoms with Crippen molar-refractivity contribution in [2.75, 3.05) is 0 Å². The molecule has 142 valence electrons. The number of hydrogen-bond donors (Lipinski definition) is 1. The molecule has 1 amide bonds. The third-order valence-electron chi connectivity index (χ3n) is 4.70. The first-order valence-corrected chi connectivity index (χ1v) is 8.58. The standard InChI is InChI=1S/C21H16FNO5/c1-12-6-7-13(10-15(12)22)19(24)17-18(16-5-3-9-28-16)23(21(26)20(17)25)11-14-4-2-8-27-14/h2-10,18,24H,11H2,1H3. The number of aliphatic hydroxyl groups is 1. The van der Waals surface area contributed by atoms with Crippen LogP contribution < -0.4 is 0 Å². The van der Waals surface area contributed by atoms with Gasteiger partial charge in [-0.05, 0) is 42.8 Å². The van der Waals surface area contributed by atoms with Gasteiger partial charge in [0.05, 0.1) is 24.6 Å². The Balaban J connectivity index is 1.85. The fourth-order valence-corrected chi connectivity index (χ4v) is 3.25. The fraction of sp³-hybridized carbons (Fsp3) is 0.143. The molecule has 1 atom stereocenters. The Morgan fingerprint density at radius 1 is 1.14 bits per heavy atom. The van der Waals surface area contributed by atoms with Gasteiger partial charge in [-0.15, -0.1) is 0 Å². The second kappa shape index (κ2) is 6.84. The van der Waals surface area contributed by atoms with Crippen LogP contribution in [0.2, 0.25) is 0 Å². The molecule has 1 aliphatic rings. The lowest BCUT2D eigenvalue weighted by molar-refractivity contribution is -0.140. The molecular weight excluding hydrogens is 365 g/mol. The number of aliphatic hydroxyl groups excluding tert-OH is 1. The maximum Gasteiger partial charge on any atom is 0.296 e. The Hall–Kier alpha value is -3.61. The number of rotatable bonds is 4. The van der Waals surface area contributed by atoms with Crippen molar-refractivity contribution in [2.24, 2.45) is 0 Å². The SMILES string of the molecule is Cc1ccc(C(O)=C2C(=O)C(=O)N(Cc3ccco3)C2c2ccco2)cc1F. The van der Waals surface area contributed by atoms with E-state index >= 15 is 0 Å². The fourth-order valence-electron chi connectivity index (χ4n) is 3.25. The highest BCUT2D eigenvalue weighted by atomic mass is 19.1. The second-order valence-electron chi connectivity index (χ2n) is 6.49. The predicted octanol–water partition coefficient (Wildman–Crippen LogP) is 3.94. The van der Waals surface area contributed by atoms with Gasteiger partial charge < -0.3 is 18.8 Å². The van der Waals surface area contributed by atoms with E-state index in [1.807, 2.05) is 0 Å². The summed E-state index contributed by atoms with van der Waals surface area (Å²) in [5.41, 5.74) is 0.350. The van der Waals surface area contributed by atoms with Crippen LogP contribution in [0.4, 0.5) is 4.39 Å². The lowest BCUT2D eigenvalue weighted by Gasteiger charge is -2.22. The van der Waals surface area contributed by atoms with Crippen LogP contribution in [0.15, 0.2) is 69.4 Å². The van der Waals surface area contributed by atoms with Crippen LogP contribution in [0.5, 0.6) is 0 Å². The zero-order valence-corrected chi connectivity index (χ0v) is 14.9. The van der Waals surface area contributed by atoms with E-state index in [0.717, 1.165) is 6.07 Å². The molecule has 3 aromatic rings. The minimum absolute atomic E-state index is 0.0159. The van der Waals surface area contributed by atoms with Crippen LogP contribution in [0.3, 0.4) is 0 Å². The van der Waals surface area contributed by atoms with Crippen molar-refractivity contribution in [1.82, 2.24) is 4.90 Å². The molecule has 1 saturated heterocycles. The van der Waals surface area contributed by atoms with Gasteiger partial charge in [-0.2, -0.15) is 0 Å². The number of aryl methyl sites for hydroxylation is 1. The Kier molecular flexibility index (Phi) is 4.35. The second-order valence-corrected chi connectivity index (χ2v) is 6.49. The number of nitrogens with zero attached hydrogens (tertiary/aromatic N) is 1. The molecule has 1 aromatic carbocycles. The monoisotopic (exact) mass is 381 g/mol. The Bertz CT molecular complexity index is 1070. The molecule has 0 aliphatic carbocycles. The number of furan rings is 2. The largest absolute Gasteiger partial charge is 0.507 e. The van der Waals surface area contributed by atoms with Crippen LogP contribution in [0.1, 0.15) is 28.7 Å². The molecule has 1 N–H and O–H groups in total. The minimum atomic E-state index is -0.954. The lowest BCUT2D eigenvalue weighted by atomic mass is 9.98. The first-order chi connectivity index (χ1) is 13.5. The van der Waals surface area contributed by atoms with Crippen molar-refractivity contribution < 1.29 is 27.9 Å². The van der Waals surface area contributed by atoms with Crippen molar-refractivity contribution in [3.05, 3.63) is 89.0 Å². The van der Waals surface area contributed by atoms with Gasteiger partial charge in [0.2, 0.25) is 0 Å². The molecule has 1 unspecified atom stereocenters. The number of ketones is 1. The summed E-state index contributed by atoms with van der Waals surface area (Å²) < 4.78 is 24.7. The van der Waals surface area contributed by atoms with Crippen LogP contribution in [0, 0.1) is 12.7 Å². The van der Waals surface area contributed by atoms with E-state index in [2.05, 4.69) is 0 Å². The molecule has 0 radical (unpaired) electrons. The number of carbonyl (C=O) groups is 2. The van der Waals surface area contributed by atoms with Crippen molar-refractivity contribution in [3.8, 4) is 0 Å². The van der Waals surface area contributed by atoms with E-state index in [0.29, 0.717) is 17.1 Å². The molecule has 6 nitrogen and oxygen atoms in total. The third-order valence-corrected chi connectivity index (χ3v) is 4.70. The summed E-state index contributed by atoms with van der Waals surface area (Å²) in [7, 11) is 0. The summed E-state index contributed by atoms with van der Waals surface area (Å²) >= 11 is 0. The third kappa shape index (κ3) is 2.90. The van der Waals surface area contributed by atoms with Gasteiger partial charge in [0.25, 0.3) is 11.7 Å². The summed E-state index contributed by atoms with van der Waals surface area (Å²) in [4.78, 5) is 26.7.